The Morgan fingerprint density at radius 3 is 2.09 bits per heavy atom. The van der Waals surface area contributed by atoms with Crippen molar-refractivity contribution in [1.29, 1.82) is 0 Å². The van der Waals surface area contributed by atoms with Crippen LogP contribution in [0.4, 0.5) is 0 Å². The molecule has 65 heavy (non-hydrogen) atoms. The number of ether oxygens (including phenoxy) is 5. The summed E-state index contributed by atoms with van der Waals surface area (Å²) < 4.78 is 30.0. The summed E-state index contributed by atoms with van der Waals surface area (Å²) in [5.41, 5.74) is 3.91. The van der Waals surface area contributed by atoms with Gasteiger partial charge in [-0.3, -0.25) is 38.4 Å². The molecule has 0 unspecified atom stereocenters. The minimum absolute atomic E-state index is 0.227. The predicted molar refractivity (Wildman–Crippen MR) is 225 cm³/mol. The molecule has 0 aliphatic carbocycles. The maximum atomic E-state index is 14.5. The number of aromatic nitrogens is 2. The summed E-state index contributed by atoms with van der Waals surface area (Å²) in [6.07, 6.45) is -8.65. The van der Waals surface area contributed by atoms with E-state index in [4.69, 9.17) is 34.5 Å². The third kappa shape index (κ3) is 14.3. The fourth-order valence-electron chi connectivity index (χ4n) is 8.60. The van der Waals surface area contributed by atoms with Crippen molar-refractivity contribution in [2.45, 2.75) is 177 Å². The van der Waals surface area contributed by atoms with Crippen LogP contribution in [0.25, 0.3) is 0 Å². The zero-order chi connectivity index (χ0) is 48.1. The van der Waals surface area contributed by atoms with Crippen molar-refractivity contribution < 1.29 is 78.3 Å². The van der Waals surface area contributed by atoms with E-state index in [1.165, 1.54) is 24.8 Å². The monoisotopic (exact) mass is 929 g/mol. The van der Waals surface area contributed by atoms with Crippen molar-refractivity contribution in [3.63, 3.8) is 0 Å². The SMILES string of the molecule is CCCCCCCCCCC[C@@H](CC(=O)O[C@@H]1CN(C)[C@H]([C@@H](O[C@@H]2O[C@@H](CN)[C@H](O)[C@@H]2O)[C@@H]2O[C@@H](n3ccc(=O)[nH]c3=O)[C@@H](O)[C@H]2O)C(=O)N(C)[C@@H]1C(=O)O)OC(=O)C[C@@H](C)CC(=O)O. The molecule has 23 nitrogen and oxygen atoms in total. The molecule has 0 saturated carbocycles. The van der Waals surface area contributed by atoms with E-state index in [9.17, 15) is 59.1 Å². The minimum Gasteiger partial charge on any atom is -0.481 e. The lowest BCUT2D eigenvalue weighted by molar-refractivity contribution is -0.233. The van der Waals surface area contributed by atoms with Gasteiger partial charge >= 0.3 is 29.6 Å². The summed E-state index contributed by atoms with van der Waals surface area (Å²) in [7, 11) is 2.46. The Bertz CT molecular complexity index is 1860. The van der Waals surface area contributed by atoms with Crippen LogP contribution in [0.2, 0.25) is 0 Å². The Kier molecular flexibility index (Phi) is 20.5. The molecular formula is C42H67N5O18. The molecule has 4 heterocycles. The second-order valence-corrected chi connectivity index (χ2v) is 17.3. The molecule has 0 radical (unpaired) electrons. The number of H-pyrrole nitrogens is 1. The average Bonchev–Trinajstić information content (AvgIpc) is 3.64. The minimum atomic E-state index is -1.95. The molecule has 0 bridgehead atoms. The molecule has 0 spiro atoms. The van der Waals surface area contributed by atoms with Crippen LogP contribution >= 0.6 is 0 Å². The number of likely N-dealkylation sites (N-methyl/N-ethyl adjacent to an activating group) is 2. The van der Waals surface area contributed by atoms with Gasteiger partial charge in [0.25, 0.3) is 5.56 Å². The standard InChI is InChI=1S/C42H67N5O18/c1-5-6-7-8-9-10-11-12-13-14-23(61-28(51)18-22(2)17-27(49)50)19-29(52)62-25-21-45(3)31(38(57)46(4)30(25)40(58)59)36(65-41-35(56)32(53)24(20-43)63-41)37-33(54)34(55)39(64-37)47-16-15-26(48)44-42(47)60/h15-16,22-25,30-37,39,41,53-56H,5-14,17-21,43H2,1-4H3,(H,49,50)(H,58,59)(H,44,48,60)/t22-,23-,24-,25+,30-,31+,32-,33+,34-,35-,36+,37+,39+,41-/m0/s1. The molecule has 1 aromatic heterocycles. The number of esters is 2. The van der Waals surface area contributed by atoms with Gasteiger partial charge in [0.2, 0.25) is 5.91 Å². The zero-order valence-electron chi connectivity index (χ0n) is 37.3. The summed E-state index contributed by atoms with van der Waals surface area (Å²) in [5, 5.41) is 63.7. The third-order valence-corrected chi connectivity index (χ3v) is 12.1. The first-order chi connectivity index (χ1) is 30.8. The number of hydrogen-bond donors (Lipinski definition) is 8. The van der Waals surface area contributed by atoms with Crippen molar-refractivity contribution in [3.8, 4) is 0 Å². The van der Waals surface area contributed by atoms with Gasteiger partial charge < -0.3 is 65.0 Å². The Morgan fingerprint density at radius 1 is 0.862 bits per heavy atom. The second kappa shape index (κ2) is 25.0. The topological polar surface area (TPSA) is 340 Å². The van der Waals surface area contributed by atoms with E-state index in [0.29, 0.717) is 6.42 Å². The number of nitrogens with two attached hydrogens (primary N) is 1. The van der Waals surface area contributed by atoms with Crippen LogP contribution in [0.1, 0.15) is 104 Å². The molecule has 1 amide bonds. The smallest absolute Gasteiger partial charge is 0.330 e. The molecule has 1 aromatic rings. The van der Waals surface area contributed by atoms with Gasteiger partial charge in [0, 0.05) is 45.2 Å². The van der Waals surface area contributed by atoms with Gasteiger partial charge in [0.1, 0.15) is 61.0 Å². The Labute approximate surface area is 375 Å². The Balaban J connectivity index is 1.59. The molecular weight excluding hydrogens is 862 g/mol. The summed E-state index contributed by atoms with van der Waals surface area (Å²) in [4.78, 5) is 93.9. The van der Waals surface area contributed by atoms with Gasteiger partial charge in [-0.2, -0.15) is 0 Å². The highest BCUT2D eigenvalue weighted by Gasteiger charge is 2.57. The van der Waals surface area contributed by atoms with Crippen LogP contribution in [0.15, 0.2) is 21.9 Å². The maximum absolute atomic E-state index is 14.5. The summed E-state index contributed by atoms with van der Waals surface area (Å²) in [6.45, 7) is 2.95. The van der Waals surface area contributed by atoms with Gasteiger partial charge in [-0.1, -0.05) is 65.2 Å². The van der Waals surface area contributed by atoms with E-state index in [1.54, 1.807) is 6.92 Å². The Hall–Kier alpha value is -4.33. The number of aliphatic hydroxyl groups is 4. The van der Waals surface area contributed by atoms with E-state index in [2.05, 4.69) is 6.92 Å². The third-order valence-electron chi connectivity index (χ3n) is 12.1. The molecule has 3 aliphatic rings. The molecule has 3 saturated heterocycles. The number of aromatic amines is 1. The lowest BCUT2D eigenvalue weighted by Crippen LogP contribution is -2.59. The number of carboxylic acid groups (broad SMARTS) is 2. The maximum Gasteiger partial charge on any atom is 0.330 e. The molecule has 23 heteroatoms. The zero-order valence-corrected chi connectivity index (χ0v) is 37.3. The normalized spacial score (nSPS) is 29.8. The number of amides is 1. The van der Waals surface area contributed by atoms with Crippen molar-refractivity contribution in [1.82, 2.24) is 19.4 Å². The van der Waals surface area contributed by atoms with E-state index in [0.717, 1.165) is 67.3 Å². The summed E-state index contributed by atoms with van der Waals surface area (Å²) in [6, 6.07) is -2.56. The molecule has 14 atom stereocenters. The van der Waals surface area contributed by atoms with E-state index in [1.807, 2.05) is 4.98 Å². The number of aliphatic carboxylic acids is 2. The van der Waals surface area contributed by atoms with Gasteiger partial charge in [-0.25, -0.2) is 9.59 Å². The van der Waals surface area contributed by atoms with Gasteiger partial charge in [-0.15, -0.1) is 0 Å². The van der Waals surface area contributed by atoms with Crippen molar-refractivity contribution in [2.75, 3.05) is 27.2 Å². The first-order valence-corrected chi connectivity index (χ1v) is 22.3. The lowest BCUT2D eigenvalue weighted by Gasteiger charge is -2.38. The van der Waals surface area contributed by atoms with Crippen LogP contribution < -0.4 is 17.0 Å². The fourth-order valence-corrected chi connectivity index (χ4v) is 8.60. The van der Waals surface area contributed by atoms with Crippen LogP contribution in [-0.2, 0) is 47.7 Å². The van der Waals surface area contributed by atoms with Crippen molar-refractivity contribution in [2.24, 2.45) is 11.7 Å². The largest absolute Gasteiger partial charge is 0.481 e. The van der Waals surface area contributed by atoms with Crippen LogP contribution in [-0.4, -0.2) is 180 Å². The highest BCUT2D eigenvalue weighted by molar-refractivity contribution is 5.88. The predicted octanol–water partition coefficient (Wildman–Crippen LogP) is -1.19. The lowest BCUT2D eigenvalue weighted by atomic mass is 9.97. The molecule has 3 aliphatic heterocycles. The number of aliphatic hydroxyl groups excluding tert-OH is 4. The fraction of sp³-hybridized carbons (Fsp3) is 0.786. The average molecular weight is 930 g/mol. The first-order valence-electron chi connectivity index (χ1n) is 22.3. The number of hydrogen-bond acceptors (Lipinski definition) is 18. The molecule has 3 fully saturated rings. The molecule has 4 rings (SSSR count). The van der Waals surface area contributed by atoms with Crippen LogP contribution in [0, 0.1) is 5.92 Å². The van der Waals surface area contributed by atoms with E-state index >= 15 is 0 Å². The number of carbonyl (C=O) groups excluding carboxylic acids is 3. The van der Waals surface area contributed by atoms with Crippen molar-refractivity contribution in [3.05, 3.63) is 33.1 Å². The number of unbranched alkanes of at least 4 members (excludes halogenated alkanes) is 8. The molecule has 0 aromatic carbocycles. The summed E-state index contributed by atoms with van der Waals surface area (Å²) in [5.74, 6) is -5.91. The van der Waals surface area contributed by atoms with Crippen LogP contribution in [0.5, 0.6) is 0 Å². The number of rotatable bonds is 25. The van der Waals surface area contributed by atoms with Gasteiger partial charge in [0.15, 0.2) is 18.6 Å². The van der Waals surface area contributed by atoms with Crippen molar-refractivity contribution >= 4 is 29.8 Å². The van der Waals surface area contributed by atoms with Gasteiger partial charge in [-0.05, 0) is 25.8 Å². The van der Waals surface area contributed by atoms with Crippen LogP contribution in [0.3, 0.4) is 0 Å². The Morgan fingerprint density at radius 2 is 1.51 bits per heavy atom. The first kappa shape index (κ1) is 53.3. The molecule has 9 N–H and O–H groups in total. The summed E-state index contributed by atoms with van der Waals surface area (Å²) >= 11 is 0. The van der Waals surface area contributed by atoms with E-state index < -0.39 is 139 Å². The quantitative estimate of drug-likeness (QED) is 0.0422. The van der Waals surface area contributed by atoms with Gasteiger partial charge in [0.05, 0.1) is 6.42 Å². The number of carbonyl (C=O) groups is 5. The highest BCUT2D eigenvalue weighted by atomic mass is 16.7. The molecule has 368 valence electrons. The number of nitrogens with one attached hydrogen (secondary N) is 1. The van der Waals surface area contributed by atoms with E-state index in [-0.39, 0.29) is 25.8 Å². The second-order valence-electron chi connectivity index (χ2n) is 17.3. The number of nitrogens with zero attached hydrogens (tertiary/aromatic N) is 3. The highest BCUT2D eigenvalue weighted by Crippen LogP contribution is 2.36. The number of carboxylic acids is 2.